The molecule has 90 valence electrons. The van der Waals surface area contributed by atoms with Gasteiger partial charge in [0.2, 0.25) is 0 Å². The minimum Gasteiger partial charge on any atom is -0.440 e. The zero-order valence-electron chi connectivity index (χ0n) is 9.35. The van der Waals surface area contributed by atoms with E-state index in [0.29, 0.717) is 5.33 Å². The standard InChI is InChI=1S/C11H15BrClNO2/c1-3-11(4-2,7-12)14-10(15)8-5-6-9(13)16-8/h5-6H,3-4,7H2,1-2H3,(H,14,15). The van der Waals surface area contributed by atoms with Crippen LogP contribution in [0.5, 0.6) is 0 Å². The molecular weight excluding hydrogens is 293 g/mol. The van der Waals surface area contributed by atoms with Crippen molar-refractivity contribution in [3.8, 4) is 0 Å². The zero-order valence-corrected chi connectivity index (χ0v) is 11.7. The number of alkyl halides is 1. The fourth-order valence-electron chi connectivity index (χ4n) is 1.39. The van der Waals surface area contributed by atoms with Gasteiger partial charge in [-0.3, -0.25) is 4.79 Å². The Morgan fingerprint density at radius 2 is 2.12 bits per heavy atom. The maximum atomic E-state index is 11.9. The number of hydrogen-bond acceptors (Lipinski definition) is 2. The van der Waals surface area contributed by atoms with Crippen LogP contribution in [0.15, 0.2) is 16.5 Å². The summed E-state index contributed by atoms with van der Waals surface area (Å²) in [6.07, 6.45) is 1.71. The normalized spacial score (nSPS) is 11.5. The highest BCUT2D eigenvalue weighted by molar-refractivity contribution is 9.09. The molecule has 0 spiro atoms. The predicted octanol–water partition coefficient (Wildman–Crippen LogP) is 3.62. The Kier molecular flexibility index (Phi) is 4.87. The largest absolute Gasteiger partial charge is 0.440 e. The molecule has 0 saturated carbocycles. The third-order valence-corrected chi connectivity index (χ3v) is 4.06. The minimum atomic E-state index is -0.227. The van der Waals surface area contributed by atoms with Gasteiger partial charge in [-0.25, -0.2) is 0 Å². The van der Waals surface area contributed by atoms with E-state index >= 15 is 0 Å². The van der Waals surface area contributed by atoms with Crippen molar-refractivity contribution in [3.05, 3.63) is 23.1 Å². The molecule has 0 atom stereocenters. The van der Waals surface area contributed by atoms with Crippen LogP contribution < -0.4 is 5.32 Å². The van der Waals surface area contributed by atoms with E-state index in [2.05, 4.69) is 21.2 Å². The maximum Gasteiger partial charge on any atom is 0.287 e. The van der Waals surface area contributed by atoms with Gasteiger partial charge in [0, 0.05) is 10.9 Å². The molecule has 16 heavy (non-hydrogen) atoms. The molecule has 1 amide bonds. The molecule has 1 aromatic rings. The molecule has 0 aromatic carbocycles. The van der Waals surface area contributed by atoms with Gasteiger partial charge in [-0.1, -0.05) is 29.8 Å². The van der Waals surface area contributed by atoms with Gasteiger partial charge >= 0.3 is 0 Å². The molecule has 0 unspecified atom stereocenters. The Morgan fingerprint density at radius 1 is 1.50 bits per heavy atom. The number of rotatable bonds is 5. The van der Waals surface area contributed by atoms with Crippen LogP contribution in [0.1, 0.15) is 37.2 Å². The van der Waals surface area contributed by atoms with Gasteiger partial charge in [0.15, 0.2) is 11.0 Å². The van der Waals surface area contributed by atoms with Gasteiger partial charge in [-0.2, -0.15) is 0 Å². The number of hydrogen-bond donors (Lipinski definition) is 1. The van der Waals surface area contributed by atoms with Crippen LogP contribution in [0.3, 0.4) is 0 Å². The van der Waals surface area contributed by atoms with Crippen LogP contribution in [0.4, 0.5) is 0 Å². The van der Waals surface area contributed by atoms with Crippen LogP contribution >= 0.6 is 27.5 Å². The second kappa shape index (κ2) is 5.73. The summed E-state index contributed by atoms with van der Waals surface area (Å²) in [5, 5.41) is 3.91. The second-order valence-electron chi connectivity index (χ2n) is 3.68. The average molecular weight is 309 g/mol. The van der Waals surface area contributed by atoms with Gasteiger partial charge in [-0.15, -0.1) is 0 Å². The van der Waals surface area contributed by atoms with Gasteiger partial charge < -0.3 is 9.73 Å². The Hall–Kier alpha value is -0.480. The number of amides is 1. The third-order valence-electron chi connectivity index (χ3n) is 2.79. The molecule has 3 nitrogen and oxygen atoms in total. The molecule has 1 heterocycles. The van der Waals surface area contributed by atoms with E-state index in [4.69, 9.17) is 16.0 Å². The second-order valence-corrected chi connectivity index (χ2v) is 4.61. The Morgan fingerprint density at radius 3 is 2.50 bits per heavy atom. The number of nitrogens with one attached hydrogen (secondary N) is 1. The summed E-state index contributed by atoms with van der Waals surface area (Å²) in [5.74, 6) is 0.0206. The van der Waals surface area contributed by atoms with Crippen molar-refractivity contribution in [1.82, 2.24) is 5.32 Å². The number of furan rings is 1. The topological polar surface area (TPSA) is 42.2 Å². The average Bonchev–Trinajstić information content (AvgIpc) is 2.73. The first kappa shape index (κ1) is 13.6. The van der Waals surface area contributed by atoms with Gasteiger partial charge in [0.25, 0.3) is 5.91 Å². The van der Waals surface area contributed by atoms with Gasteiger partial charge in [-0.05, 0) is 36.6 Å². The smallest absolute Gasteiger partial charge is 0.287 e. The van der Waals surface area contributed by atoms with Crippen LogP contribution in [0.25, 0.3) is 0 Å². The van der Waals surface area contributed by atoms with E-state index in [-0.39, 0.29) is 22.4 Å². The van der Waals surface area contributed by atoms with E-state index in [0.717, 1.165) is 12.8 Å². The lowest BCUT2D eigenvalue weighted by Gasteiger charge is -2.30. The number of halogens is 2. The van der Waals surface area contributed by atoms with Gasteiger partial charge in [0.1, 0.15) is 0 Å². The quantitative estimate of drug-likeness (QED) is 0.844. The molecule has 1 N–H and O–H groups in total. The molecule has 5 heteroatoms. The summed E-state index contributed by atoms with van der Waals surface area (Å²) < 4.78 is 5.06. The van der Waals surface area contributed by atoms with Crippen molar-refractivity contribution in [3.63, 3.8) is 0 Å². The fraction of sp³-hybridized carbons (Fsp3) is 0.545. The highest BCUT2D eigenvalue weighted by Crippen LogP contribution is 2.20. The van der Waals surface area contributed by atoms with E-state index in [1.165, 1.54) is 0 Å². The molecule has 0 fully saturated rings. The molecule has 0 aliphatic rings. The summed E-state index contributed by atoms with van der Waals surface area (Å²) >= 11 is 9.05. The molecule has 0 aliphatic carbocycles. The number of carbonyl (C=O) groups excluding carboxylic acids is 1. The lowest BCUT2D eigenvalue weighted by molar-refractivity contribution is 0.0875. The van der Waals surface area contributed by atoms with Crippen molar-refractivity contribution in [1.29, 1.82) is 0 Å². The monoisotopic (exact) mass is 307 g/mol. The maximum absolute atomic E-state index is 11.9. The summed E-state index contributed by atoms with van der Waals surface area (Å²) in [4.78, 5) is 11.9. The first-order valence-electron chi connectivity index (χ1n) is 5.20. The molecule has 0 saturated heterocycles. The lowest BCUT2D eigenvalue weighted by atomic mass is 9.95. The van der Waals surface area contributed by atoms with Gasteiger partial charge in [0.05, 0.1) is 0 Å². The van der Waals surface area contributed by atoms with Crippen molar-refractivity contribution >= 4 is 33.4 Å². The molecule has 0 bridgehead atoms. The highest BCUT2D eigenvalue weighted by Gasteiger charge is 2.28. The van der Waals surface area contributed by atoms with E-state index < -0.39 is 0 Å². The summed E-state index contributed by atoms with van der Waals surface area (Å²) in [6, 6.07) is 3.13. The van der Waals surface area contributed by atoms with Crippen LogP contribution in [-0.4, -0.2) is 16.8 Å². The molecule has 0 radical (unpaired) electrons. The van der Waals surface area contributed by atoms with Crippen LogP contribution in [-0.2, 0) is 0 Å². The molecule has 0 aliphatic heterocycles. The van der Waals surface area contributed by atoms with Crippen LogP contribution in [0, 0.1) is 0 Å². The number of carbonyl (C=O) groups is 1. The molecule has 1 rings (SSSR count). The highest BCUT2D eigenvalue weighted by atomic mass is 79.9. The summed E-state index contributed by atoms with van der Waals surface area (Å²) in [6.45, 7) is 4.08. The summed E-state index contributed by atoms with van der Waals surface area (Å²) in [5.41, 5.74) is -0.226. The zero-order chi connectivity index (χ0) is 12.2. The lowest BCUT2D eigenvalue weighted by Crippen LogP contribution is -2.49. The van der Waals surface area contributed by atoms with E-state index in [1.807, 2.05) is 13.8 Å². The SMILES string of the molecule is CCC(CC)(CBr)NC(=O)c1ccc(Cl)o1. The predicted molar refractivity (Wildman–Crippen MR) is 68.3 cm³/mol. The summed E-state index contributed by atoms with van der Waals surface area (Å²) in [7, 11) is 0. The molecule has 1 aromatic heterocycles. The van der Waals surface area contributed by atoms with Crippen molar-refractivity contribution < 1.29 is 9.21 Å². The Balaban J connectivity index is 2.76. The fourth-order valence-corrected chi connectivity index (χ4v) is 2.47. The van der Waals surface area contributed by atoms with Crippen molar-refractivity contribution in [2.45, 2.75) is 32.2 Å². The van der Waals surface area contributed by atoms with Crippen LogP contribution in [0.2, 0.25) is 5.22 Å². The van der Waals surface area contributed by atoms with Crippen molar-refractivity contribution in [2.75, 3.05) is 5.33 Å². The first-order valence-corrected chi connectivity index (χ1v) is 6.70. The van der Waals surface area contributed by atoms with E-state index in [9.17, 15) is 4.79 Å². The third kappa shape index (κ3) is 3.01. The molecular formula is C11H15BrClNO2. The van der Waals surface area contributed by atoms with E-state index in [1.54, 1.807) is 12.1 Å². The minimum absolute atomic E-state index is 0.225. The first-order chi connectivity index (χ1) is 7.56. The van der Waals surface area contributed by atoms with Crippen molar-refractivity contribution in [2.24, 2.45) is 0 Å². The Bertz CT molecular complexity index is 352. The Labute approximate surface area is 109 Å².